The lowest BCUT2D eigenvalue weighted by Crippen LogP contribution is -1.94. The molecular weight excluding hydrogens is 625 g/mol. The van der Waals surface area contributed by atoms with E-state index in [9.17, 15) is 0 Å². The van der Waals surface area contributed by atoms with E-state index in [1.54, 1.807) is 6.20 Å². The normalized spacial score (nSPS) is 11.1. The zero-order valence-electron chi connectivity index (χ0n) is 27.5. The highest BCUT2D eigenvalue weighted by Crippen LogP contribution is 2.38. The highest BCUT2D eigenvalue weighted by atomic mass is 16.3. The van der Waals surface area contributed by atoms with Gasteiger partial charge >= 0.3 is 0 Å². The van der Waals surface area contributed by atoms with E-state index in [4.69, 9.17) is 19.4 Å². The van der Waals surface area contributed by atoms with Crippen molar-refractivity contribution in [3.8, 4) is 78.7 Å². The molecule has 0 fully saturated rings. The minimum Gasteiger partial charge on any atom is -0.434 e. The predicted octanol–water partition coefficient (Wildman–Crippen LogP) is 11.7. The summed E-state index contributed by atoms with van der Waals surface area (Å²) in [7, 11) is 0. The van der Waals surface area contributed by atoms with E-state index in [0.29, 0.717) is 17.1 Å². The summed E-state index contributed by atoms with van der Waals surface area (Å²) in [4.78, 5) is 19.5. The van der Waals surface area contributed by atoms with E-state index >= 15 is 0 Å². The lowest BCUT2D eigenvalue weighted by atomic mass is 9.93. The molecule has 51 heavy (non-hydrogen) atoms. The maximum atomic E-state index is 6.31. The van der Waals surface area contributed by atoms with Gasteiger partial charge in [0.2, 0.25) is 5.89 Å². The van der Waals surface area contributed by atoms with Crippen molar-refractivity contribution in [2.75, 3.05) is 0 Å². The van der Waals surface area contributed by atoms with Crippen molar-refractivity contribution in [1.29, 1.82) is 0 Å². The SMILES string of the molecule is c1ccc(-c2cc(-c3cc(-c4cc(-c5ccccc5)nc(-c5ccccc5)c4)cc(-c4nc5ncccc5o4)c3)cc(-c3ccccc3)n2)cc1. The maximum Gasteiger partial charge on any atom is 0.228 e. The van der Waals surface area contributed by atoms with Gasteiger partial charge in [-0.15, -0.1) is 0 Å². The van der Waals surface area contributed by atoms with E-state index in [2.05, 4.69) is 96.0 Å². The molecule has 240 valence electrons. The van der Waals surface area contributed by atoms with Crippen molar-refractivity contribution in [2.45, 2.75) is 0 Å². The molecule has 9 rings (SSSR count). The molecule has 0 aliphatic heterocycles. The number of rotatable bonds is 7. The number of benzene rings is 5. The van der Waals surface area contributed by atoms with Crippen LogP contribution in [0.2, 0.25) is 0 Å². The highest BCUT2D eigenvalue weighted by Gasteiger charge is 2.17. The number of aromatic nitrogens is 4. The van der Waals surface area contributed by atoms with Crippen LogP contribution in [-0.4, -0.2) is 19.9 Å². The van der Waals surface area contributed by atoms with Gasteiger partial charge in [0.1, 0.15) is 0 Å². The molecule has 0 aliphatic rings. The van der Waals surface area contributed by atoms with E-state index < -0.39 is 0 Å². The average Bonchev–Trinajstić information content (AvgIpc) is 3.66. The van der Waals surface area contributed by atoms with Crippen molar-refractivity contribution in [3.05, 3.63) is 182 Å². The second kappa shape index (κ2) is 13.1. The Morgan fingerprint density at radius 3 is 1.08 bits per heavy atom. The molecule has 0 bridgehead atoms. The molecule has 0 saturated carbocycles. The van der Waals surface area contributed by atoms with E-state index in [1.807, 2.05) is 84.9 Å². The quantitative estimate of drug-likeness (QED) is 0.171. The Morgan fingerprint density at radius 2 is 0.686 bits per heavy atom. The van der Waals surface area contributed by atoms with Crippen LogP contribution in [-0.2, 0) is 0 Å². The summed E-state index contributed by atoms with van der Waals surface area (Å²) in [6.07, 6.45) is 1.73. The van der Waals surface area contributed by atoms with Gasteiger partial charge in [0.05, 0.1) is 22.8 Å². The average molecular weight is 655 g/mol. The zero-order chi connectivity index (χ0) is 34.0. The number of oxazole rings is 1. The standard InChI is InChI=1S/C46H30N4O/c1-5-14-31(15-6-1)40-27-37(28-41(48-40)32-16-7-2-8-17-32)35-24-36(26-39(25-35)46-50-45-44(51-46)22-13-23-47-45)38-29-42(33-18-9-3-10-19-33)49-43(30-38)34-20-11-4-12-21-34/h1-30H. The molecule has 0 spiro atoms. The molecule has 5 aromatic carbocycles. The summed E-state index contributed by atoms with van der Waals surface area (Å²) in [6, 6.07) is 60.2. The third-order valence-electron chi connectivity index (χ3n) is 8.94. The molecule has 4 aromatic heterocycles. The second-order valence-corrected chi connectivity index (χ2v) is 12.4. The van der Waals surface area contributed by atoms with E-state index in [1.165, 1.54) is 0 Å². The Hall–Kier alpha value is -6.98. The van der Waals surface area contributed by atoms with Crippen LogP contribution in [0.15, 0.2) is 187 Å². The minimum atomic E-state index is 0.507. The second-order valence-electron chi connectivity index (χ2n) is 12.4. The molecule has 0 radical (unpaired) electrons. The van der Waals surface area contributed by atoms with E-state index in [-0.39, 0.29) is 0 Å². The number of nitrogens with zero attached hydrogens (tertiary/aromatic N) is 4. The van der Waals surface area contributed by atoms with Crippen LogP contribution in [0.1, 0.15) is 0 Å². The van der Waals surface area contributed by atoms with Crippen LogP contribution in [0.3, 0.4) is 0 Å². The van der Waals surface area contributed by atoms with Gasteiger partial charge in [0, 0.05) is 34.0 Å². The fraction of sp³-hybridized carbons (Fsp3) is 0. The zero-order valence-corrected chi connectivity index (χ0v) is 27.5. The largest absolute Gasteiger partial charge is 0.434 e. The molecule has 9 aromatic rings. The molecule has 0 saturated heterocycles. The third kappa shape index (κ3) is 6.20. The molecule has 0 atom stereocenters. The van der Waals surface area contributed by atoms with E-state index in [0.717, 1.165) is 72.8 Å². The Balaban J connectivity index is 1.29. The predicted molar refractivity (Wildman–Crippen MR) is 205 cm³/mol. The summed E-state index contributed by atoms with van der Waals surface area (Å²) >= 11 is 0. The summed E-state index contributed by atoms with van der Waals surface area (Å²) < 4.78 is 6.31. The monoisotopic (exact) mass is 654 g/mol. The first-order valence-electron chi connectivity index (χ1n) is 16.9. The van der Waals surface area contributed by atoms with Crippen molar-refractivity contribution < 1.29 is 4.42 Å². The van der Waals surface area contributed by atoms with Crippen LogP contribution in [0.5, 0.6) is 0 Å². The van der Waals surface area contributed by atoms with Crippen LogP contribution in [0, 0.1) is 0 Å². The Bertz CT molecular complexity index is 2330. The smallest absolute Gasteiger partial charge is 0.228 e. The van der Waals surface area contributed by atoms with Crippen molar-refractivity contribution in [3.63, 3.8) is 0 Å². The Labute approximate surface area is 295 Å². The number of hydrogen-bond acceptors (Lipinski definition) is 5. The fourth-order valence-corrected chi connectivity index (χ4v) is 6.40. The first kappa shape index (κ1) is 30.1. The maximum absolute atomic E-state index is 6.31. The molecular formula is C46H30N4O. The topological polar surface area (TPSA) is 64.7 Å². The Kier molecular flexibility index (Phi) is 7.76. The molecule has 0 unspecified atom stereocenters. The molecule has 0 amide bonds. The van der Waals surface area contributed by atoms with Gasteiger partial charge in [-0.3, -0.25) is 0 Å². The van der Waals surface area contributed by atoms with Gasteiger partial charge in [0.15, 0.2) is 11.2 Å². The van der Waals surface area contributed by atoms with Crippen molar-refractivity contribution in [1.82, 2.24) is 19.9 Å². The molecule has 4 heterocycles. The summed E-state index contributed by atoms with van der Waals surface area (Å²) in [6.45, 7) is 0. The van der Waals surface area contributed by atoms with Crippen LogP contribution < -0.4 is 0 Å². The van der Waals surface area contributed by atoms with Crippen LogP contribution >= 0.6 is 0 Å². The summed E-state index contributed by atoms with van der Waals surface area (Å²) in [5, 5.41) is 0. The van der Waals surface area contributed by atoms with Crippen molar-refractivity contribution in [2.24, 2.45) is 0 Å². The lowest BCUT2D eigenvalue weighted by Gasteiger charge is -2.14. The number of fused-ring (bicyclic) bond motifs is 1. The summed E-state index contributed by atoms with van der Waals surface area (Å²) in [5.41, 5.74) is 13.9. The fourth-order valence-electron chi connectivity index (χ4n) is 6.40. The van der Waals surface area contributed by atoms with Gasteiger partial charge in [0.25, 0.3) is 0 Å². The van der Waals surface area contributed by atoms with Gasteiger partial charge in [-0.2, -0.15) is 4.98 Å². The molecule has 5 nitrogen and oxygen atoms in total. The Morgan fingerprint density at radius 1 is 0.314 bits per heavy atom. The number of hydrogen-bond donors (Lipinski definition) is 0. The van der Waals surface area contributed by atoms with Gasteiger partial charge in [-0.25, -0.2) is 15.0 Å². The van der Waals surface area contributed by atoms with Crippen LogP contribution in [0.4, 0.5) is 0 Å². The number of pyridine rings is 3. The van der Waals surface area contributed by atoms with Gasteiger partial charge in [-0.05, 0) is 76.9 Å². The molecule has 0 aliphatic carbocycles. The highest BCUT2D eigenvalue weighted by molar-refractivity contribution is 5.86. The third-order valence-corrected chi connectivity index (χ3v) is 8.94. The van der Waals surface area contributed by atoms with Crippen molar-refractivity contribution >= 4 is 11.2 Å². The minimum absolute atomic E-state index is 0.507. The molecule has 0 N–H and O–H groups in total. The lowest BCUT2D eigenvalue weighted by molar-refractivity contribution is 0.620. The first-order valence-corrected chi connectivity index (χ1v) is 16.9. The summed E-state index contributed by atoms with van der Waals surface area (Å²) in [5.74, 6) is 0.507. The first-order chi connectivity index (χ1) is 25.2. The van der Waals surface area contributed by atoms with Gasteiger partial charge < -0.3 is 4.42 Å². The van der Waals surface area contributed by atoms with Crippen LogP contribution in [0.25, 0.3) is 90.0 Å². The molecule has 5 heteroatoms. The van der Waals surface area contributed by atoms with Gasteiger partial charge in [-0.1, -0.05) is 121 Å².